The normalized spacial score (nSPS) is 10.9. The molecular weight excluding hydrogens is 250 g/mol. The fourth-order valence-corrected chi connectivity index (χ4v) is 1.45. The van der Waals surface area contributed by atoms with E-state index in [1.807, 2.05) is 0 Å². The highest BCUT2D eigenvalue weighted by molar-refractivity contribution is 5.81. The third kappa shape index (κ3) is 3.96. The summed E-state index contributed by atoms with van der Waals surface area (Å²) in [4.78, 5) is 22.1. The van der Waals surface area contributed by atoms with Crippen molar-refractivity contribution in [1.82, 2.24) is 4.48 Å². The van der Waals surface area contributed by atoms with Gasteiger partial charge in [-0.25, -0.2) is 0 Å². The fourth-order valence-electron chi connectivity index (χ4n) is 1.45. The number of nitrogens with zero attached hydrogens (tertiary/aromatic N) is 1. The molecule has 1 aromatic rings. The fraction of sp³-hybridized carbons (Fsp3) is 0.385. The number of quaternary nitrogens is 1. The van der Waals surface area contributed by atoms with Crippen LogP contribution in [0.1, 0.15) is 6.92 Å². The van der Waals surface area contributed by atoms with Gasteiger partial charge in [0, 0.05) is 12.1 Å². The summed E-state index contributed by atoms with van der Waals surface area (Å²) in [5.74, 6) is -0.886. The van der Waals surface area contributed by atoms with Crippen molar-refractivity contribution in [2.45, 2.75) is 6.92 Å². The zero-order chi connectivity index (χ0) is 14.5. The van der Waals surface area contributed by atoms with E-state index in [1.54, 1.807) is 45.3 Å². The number of ether oxygens (including phenoxy) is 2. The molecule has 0 aliphatic rings. The van der Waals surface area contributed by atoms with Crippen molar-refractivity contribution in [3.63, 3.8) is 0 Å². The van der Waals surface area contributed by atoms with E-state index in [1.165, 1.54) is 0 Å². The van der Waals surface area contributed by atoms with Crippen LogP contribution in [-0.2, 0) is 9.53 Å². The summed E-state index contributed by atoms with van der Waals surface area (Å²) < 4.78 is 9.88. The molecular formula is C13H17NO5. The van der Waals surface area contributed by atoms with Gasteiger partial charge in [0.15, 0.2) is 0 Å². The standard InChI is InChI=1S/C13H17NO5/c1-4-18-13(17)14(2,3)10-5-7-11(8-6-10)19-9-12(15)16/h5-8H,4,9H2,1-3H3. The van der Waals surface area contributed by atoms with Crippen LogP contribution in [0.2, 0.25) is 0 Å². The summed E-state index contributed by atoms with van der Waals surface area (Å²) in [5.41, 5.74) is 0.708. The Kier molecular flexibility index (Phi) is 4.88. The Balaban J connectivity index is 2.80. The lowest BCUT2D eigenvalue weighted by atomic mass is 10.2. The van der Waals surface area contributed by atoms with Crippen LogP contribution in [0.4, 0.5) is 10.5 Å². The topological polar surface area (TPSA) is 75.7 Å². The Labute approximate surface area is 111 Å². The van der Waals surface area contributed by atoms with Crippen molar-refractivity contribution in [1.29, 1.82) is 0 Å². The van der Waals surface area contributed by atoms with Crippen molar-refractivity contribution in [3.05, 3.63) is 24.3 Å². The first kappa shape index (κ1) is 15.0. The highest BCUT2D eigenvalue weighted by atomic mass is 16.6. The van der Waals surface area contributed by atoms with Crippen molar-refractivity contribution in [2.24, 2.45) is 0 Å². The third-order valence-corrected chi connectivity index (χ3v) is 2.56. The van der Waals surface area contributed by atoms with Crippen LogP contribution >= 0.6 is 0 Å². The van der Waals surface area contributed by atoms with E-state index in [2.05, 4.69) is 0 Å². The number of amides is 1. The van der Waals surface area contributed by atoms with E-state index >= 15 is 0 Å². The first-order valence-corrected chi connectivity index (χ1v) is 5.82. The zero-order valence-electron chi connectivity index (χ0n) is 11.2. The molecule has 0 aliphatic carbocycles. The van der Waals surface area contributed by atoms with Gasteiger partial charge < -0.3 is 19.4 Å². The Hall–Kier alpha value is -2.08. The molecule has 0 N–H and O–H groups in total. The van der Waals surface area contributed by atoms with E-state index in [4.69, 9.17) is 9.47 Å². The Morgan fingerprint density at radius 1 is 1.21 bits per heavy atom. The Bertz CT molecular complexity index is 453. The second-order valence-corrected chi connectivity index (χ2v) is 4.31. The van der Waals surface area contributed by atoms with Gasteiger partial charge in [-0.15, -0.1) is 0 Å². The average Bonchev–Trinajstić information content (AvgIpc) is 2.37. The Morgan fingerprint density at radius 3 is 2.26 bits per heavy atom. The number of hydrogen-bond donors (Lipinski definition) is 0. The van der Waals surface area contributed by atoms with Crippen LogP contribution in [-0.4, -0.2) is 39.4 Å². The number of carboxylic acid groups (broad SMARTS) is 1. The van der Waals surface area contributed by atoms with Crippen molar-refractivity contribution in [3.8, 4) is 5.75 Å². The number of hydrogen-bond acceptors (Lipinski definition) is 5. The second kappa shape index (κ2) is 6.19. The maximum Gasteiger partial charge on any atom is 0.520 e. The lowest BCUT2D eigenvalue weighted by molar-refractivity contribution is -0.307. The lowest BCUT2D eigenvalue weighted by Gasteiger charge is -2.24. The maximum absolute atomic E-state index is 11.8. The van der Waals surface area contributed by atoms with E-state index in [9.17, 15) is 14.7 Å². The number of carbonyl (C=O) groups excluding carboxylic acids is 2. The number of benzene rings is 1. The van der Waals surface area contributed by atoms with E-state index < -0.39 is 12.6 Å². The van der Waals surface area contributed by atoms with Crippen molar-refractivity contribution in [2.75, 3.05) is 27.3 Å². The molecule has 0 saturated carbocycles. The molecule has 0 atom stereocenters. The van der Waals surface area contributed by atoms with Gasteiger partial charge in [-0.05, 0) is 19.1 Å². The van der Waals surface area contributed by atoms with E-state index in [-0.39, 0.29) is 10.6 Å². The van der Waals surface area contributed by atoms with Crippen LogP contribution in [0, 0.1) is 0 Å². The molecule has 0 spiro atoms. The predicted molar refractivity (Wildman–Crippen MR) is 67.6 cm³/mol. The zero-order valence-corrected chi connectivity index (χ0v) is 11.2. The highest BCUT2D eigenvalue weighted by Gasteiger charge is 2.31. The van der Waals surface area contributed by atoms with Gasteiger partial charge in [0.25, 0.3) is 0 Å². The van der Waals surface area contributed by atoms with Crippen LogP contribution in [0.5, 0.6) is 5.75 Å². The maximum atomic E-state index is 11.8. The molecule has 1 aromatic carbocycles. The average molecular weight is 267 g/mol. The molecule has 6 nitrogen and oxygen atoms in total. The monoisotopic (exact) mass is 267 g/mol. The Morgan fingerprint density at radius 2 is 1.79 bits per heavy atom. The molecule has 104 valence electrons. The van der Waals surface area contributed by atoms with Gasteiger partial charge >= 0.3 is 6.09 Å². The molecule has 0 aliphatic heterocycles. The second-order valence-electron chi connectivity index (χ2n) is 4.31. The van der Waals surface area contributed by atoms with E-state index in [0.717, 1.165) is 0 Å². The summed E-state index contributed by atoms with van der Waals surface area (Å²) in [5, 5.41) is 10.3. The van der Waals surface area contributed by atoms with Crippen LogP contribution in [0.15, 0.2) is 24.3 Å². The molecule has 0 saturated heterocycles. The third-order valence-electron chi connectivity index (χ3n) is 2.56. The number of rotatable bonds is 5. The largest absolute Gasteiger partial charge is 0.546 e. The molecule has 0 unspecified atom stereocenters. The van der Waals surface area contributed by atoms with Crippen LogP contribution < -0.4 is 14.3 Å². The SMILES string of the molecule is CCOC(=O)[N+](C)(C)c1ccc(OCC(=O)[O-])cc1. The van der Waals surface area contributed by atoms with E-state index in [0.29, 0.717) is 18.0 Å². The van der Waals surface area contributed by atoms with Gasteiger partial charge in [0.05, 0.1) is 26.7 Å². The van der Waals surface area contributed by atoms with Gasteiger partial charge in [-0.3, -0.25) is 0 Å². The smallest absolute Gasteiger partial charge is 0.520 e. The van der Waals surface area contributed by atoms with Crippen LogP contribution in [0.3, 0.4) is 0 Å². The lowest BCUT2D eigenvalue weighted by Crippen LogP contribution is -2.46. The summed E-state index contributed by atoms with van der Waals surface area (Å²) >= 11 is 0. The predicted octanol–water partition coefficient (Wildman–Crippen LogP) is 0.539. The molecule has 0 aromatic heterocycles. The molecule has 1 amide bonds. The number of aliphatic carboxylic acids is 1. The minimum Gasteiger partial charge on any atom is -0.546 e. The summed E-state index contributed by atoms with van der Waals surface area (Å²) in [7, 11) is 3.41. The molecule has 6 heteroatoms. The molecule has 0 fully saturated rings. The first-order chi connectivity index (χ1) is 8.87. The quantitative estimate of drug-likeness (QED) is 0.728. The van der Waals surface area contributed by atoms with Crippen LogP contribution in [0.25, 0.3) is 0 Å². The molecule has 0 bridgehead atoms. The number of carbonyl (C=O) groups is 2. The molecule has 0 radical (unpaired) electrons. The number of carboxylic acids is 1. The van der Waals surface area contributed by atoms with Crippen molar-refractivity contribution >= 4 is 17.7 Å². The van der Waals surface area contributed by atoms with Crippen molar-refractivity contribution < 1.29 is 24.2 Å². The van der Waals surface area contributed by atoms with Gasteiger partial charge in [0.1, 0.15) is 18.0 Å². The molecule has 19 heavy (non-hydrogen) atoms. The first-order valence-electron chi connectivity index (χ1n) is 5.82. The highest BCUT2D eigenvalue weighted by Crippen LogP contribution is 2.23. The van der Waals surface area contributed by atoms with Gasteiger partial charge in [-0.2, -0.15) is 9.28 Å². The minimum absolute atomic E-state index is 0.0609. The molecule has 1 rings (SSSR count). The molecule has 0 heterocycles. The summed E-state index contributed by atoms with van der Waals surface area (Å²) in [6.07, 6.45) is -0.370. The summed E-state index contributed by atoms with van der Waals surface area (Å²) in [6.45, 7) is 1.55. The van der Waals surface area contributed by atoms with Gasteiger partial charge in [-0.1, -0.05) is 0 Å². The minimum atomic E-state index is -1.29. The summed E-state index contributed by atoms with van der Waals surface area (Å²) in [6, 6.07) is 6.55. The van der Waals surface area contributed by atoms with Gasteiger partial charge in [0.2, 0.25) is 0 Å².